The van der Waals surface area contributed by atoms with Gasteiger partial charge >= 0.3 is 0 Å². The van der Waals surface area contributed by atoms with Crippen molar-refractivity contribution in [2.75, 3.05) is 6.61 Å². The Balaban J connectivity index is 4.69. The summed E-state index contributed by atoms with van der Waals surface area (Å²) in [6.45, 7) is 11.3. The van der Waals surface area contributed by atoms with Gasteiger partial charge in [0.05, 0.1) is 4.87 Å². The van der Waals surface area contributed by atoms with Gasteiger partial charge in [0.25, 0.3) is 0 Å². The van der Waals surface area contributed by atoms with Crippen molar-refractivity contribution in [1.29, 1.82) is 0 Å². The van der Waals surface area contributed by atoms with Gasteiger partial charge in [-0.1, -0.05) is 18.2 Å². The Bertz CT molecular complexity index is 203. The van der Waals surface area contributed by atoms with E-state index in [2.05, 4.69) is 19.7 Å². The molecule has 1 N–H and O–H groups in total. The molecule has 0 spiro atoms. The minimum atomic E-state index is -0.418. The van der Waals surface area contributed by atoms with Crippen LogP contribution in [-0.4, -0.2) is 16.6 Å². The van der Waals surface area contributed by atoms with E-state index in [0.29, 0.717) is 12.8 Å². The van der Waals surface area contributed by atoms with E-state index in [9.17, 15) is 0 Å². The zero-order chi connectivity index (χ0) is 11.7. The summed E-state index contributed by atoms with van der Waals surface area (Å²) >= 11 is 6.54. The molecular formula is C13H21ClO. The fourth-order valence-corrected chi connectivity index (χ4v) is 2.19. The molecule has 0 heterocycles. The van der Waals surface area contributed by atoms with Crippen LogP contribution in [0.3, 0.4) is 0 Å². The summed E-state index contributed by atoms with van der Waals surface area (Å²) in [5.74, 6) is 0.263. The maximum absolute atomic E-state index is 9.04. The molecule has 0 aromatic heterocycles. The summed E-state index contributed by atoms with van der Waals surface area (Å²) in [4.78, 5) is -0.418. The van der Waals surface area contributed by atoms with Crippen molar-refractivity contribution in [3.8, 4) is 0 Å². The van der Waals surface area contributed by atoms with Crippen LogP contribution >= 0.6 is 11.6 Å². The predicted molar refractivity (Wildman–Crippen MR) is 68.2 cm³/mol. The Morgan fingerprint density at radius 3 is 2.00 bits per heavy atom. The highest BCUT2D eigenvalue weighted by molar-refractivity contribution is 6.24. The number of rotatable bonds is 9. The van der Waals surface area contributed by atoms with E-state index in [1.54, 1.807) is 0 Å². The molecule has 0 saturated carbocycles. The molecular weight excluding hydrogens is 208 g/mol. The fraction of sp³-hybridized carbons (Fsp3) is 0.538. The van der Waals surface area contributed by atoms with E-state index < -0.39 is 4.87 Å². The highest BCUT2D eigenvalue weighted by atomic mass is 35.5. The van der Waals surface area contributed by atoms with E-state index in [-0.39, 0.29) is 12.5 Å². The average molecular weight is 229 g/mol. The van der Waals surface area contributed by atoms with Crippen molar-refractivity contribution in [1.82, 2.24) is 0 Å². The van der Waals surface area contributed by atoms with Crippen LogP contribution in [0.15, 0.2) is 38.0 Å². The molecule has 0 fully saturated rings. The highest BCUT2D eigenvalue weighted by Crippen LogP contribution is 2.37. The van der Waals surface area contributed by atoms with Crippen molar-refractivity contribution in [2.24, 2.45) is 5.92 Å². The molecule has 1 nitrogen and oxygen atoms in total. The van der Waals surface area contributed by atoms with Gasteiger partial charge in [-0.3, -0.25) is 0 Å². The van der Waals surface area contributed by atoms with Crippen molar-refractivity contribution in [2.45, 2.75) is 30.6 Å². The van der Waals surface area contributed by atoms with E-state index >= 15 is 0 Å². The summed E-state index contributed by atoms with van der Waals surface area (Å²) in [6.07, 6.45) is 8.49. The lowest BCUT2D eigenvalue weighted by Gasteiger charge is -2.33. The lowest BCUT2D eigenvalue weighted by atomic mass is 9.81. The van der Waals surface area contributed by atoms with Gasteiger partial charge in [0.1, 0.15) is 0 Å². The van der Waals surface area contributed by atoms with Gasteiger partial charge in [-0.05, 0) is 31.6 Å². The lowest BCUT2D eigenvalue weighted by Crippen LogP contribution is -2.32. The lowest BCUT2D eigenvalue weighted by molar-refractivity contribution is 0.235. The first kappa shape index (κ1) is 14.5. The first-order valence-corrected chi connectivity index (χ1v) is 5.64. The van der Waals surface area contributed by atoms with E-state index in [1.165, 1.54) is 0 Å². The van der Waals surface area contributed by atoms with Crippen molar-refractivity contribution in [3.63, 3.8) is 0 Å². The van der Waals surface area contributed by atoms with Gasteiger partial charge in [0.15, 0.2) is 0 Å². The molecule has 1 unspecified atom stereocenters. The molecule has 0 aliphatic rings. The van der Waals surface area contributed by atoms with Crippen LogP contribution in [0.4, 0.5) is 0 Å². The zero-order valence-corrected chi connectivity index (χ0v) is 10.0. The molecule has 1 atom stereocenters. The fourth-order valence-electron chi connectivity index (χ4n) is 1.82. The molecule has 0 radical (unpaired) electrons. The second-order valence-corrected chi connectivity index (χ2v) is 4.50. The number of hydrogen-bond donors (Lipinski definition) is 1. The number of hydrogen-bond acceptors (Lipinski definition) is 1. The topological polar surface area (TPSA) is 20.2 Å². The minimum absolute atomic E-state index is 0.0993. The molecule has 0 saturated heterocycles. The summed E-state index contributed by atoms with van der Waals surface area (Å²) in [6, 6.07) is 0. The first-order valence-electron chi connectivity index (χ1n) is 5.27. The Kier molecular flexibility index (Phi) is 7.45. The van der Waals surface area contributed by atoms with Gasteiger partial charge in [0.2, 0.25) is 0 Å². The van der Waals surface area contributed by atoms with E-state index in [0.717, 1.165) is 12.8 Å². The van der Waals surface area contributed by atoms with Crippen LogP contribution in [-0.2, 0) is 0 Å². The predicted octanol–water partition coefficient (Wildman–Crippen LogP) is 3.69. The molecule has 2 heteroatoms. The largest absolute Gasteiger partial charge is 0.396 e. The normalized spacial score (nSPS) is 14.6. The maximum Gasteiger partial charge on any atom is 0.0536 e. The van der Waals surface area contributed by atoms with Crippen LogP contribution in [0.25, 0.3) is 0 Å². The van der Waals surface area contributed by atoms with Crippen LogP contribution in [0.2, 0.25) is 0 Å². The minimum Gasteiger partial charge on any atom is -0.396 e. The Morgan fingerprint density at radius 2 is 1.67 bits per heavy atom. The smallest absolute Gasteiger partial charge is 0.0536 e. The van der Waals surface area contributed by atoms with E-state index in [1.807, 2.05) is 18.2 Å². The summed E-state index contributed by atoms with van der Waals surface area (Å²) in [5.41, 5.74) is 0. The average Bonchev–Trinajstić information content (AvgIpc) is 2.18. The molecule has 0 amide bonds. The summed E-state index contributed by atoms with van der Waals surface area (Å²) in [7, 11) is 0. The third kappa shape index (κ3) is 4.67. The molecule has 15 heavy (non-hydrogen) atoms. The molecule has 0 aliphatic carbocycles. The second kappa shape index (κ2) is 7.72. The first-order chi connectivity index (χ1) is 7.14. The Hall–Kier alpha value is -0.530. The quantitative estimate of drug-likeness (QED) is 0.472. The SMILES string of the molecule is C=CCC(CC=C)C(Cl)(CC=C)CCO. The highest BCUT2D eigenvalue weighted by Gasteiger charge is 2.33. The number of aliphatic hydroxyl groups is 1. The van der Waals surface area contributed by atoms with Gasteiger partial charge in [-0.25, -0.2) is 0 Å². The number of allylic oxidation sites excluding steroid dienone is 3. The third-order valence-corrected chi connectivity index (χ3v) is 3.30. The van der Waals surface area contributed by atoms with Gasteiger partial charge in [0, 0.05) is 6.61 Å². The van der Waals surface area contributed by atoms with Gasteiger partial charge < -0.3 is 5.11 Å². The van der Waals surface area contributed by atoms with Crippen LogP contribution in [0.5, 0.6) is 0 Å². The molecule has 0 aromatic carbocycles. The second-order valence-electron chi connectivity index (χ2n) is 3.75. The molecule has 0 aliphatic heterocycles. The Morgan fingerprint density at radius 1 is 1.13 bits per heavy atom. The van der Waals surface area contributed by atoms with Gasteiger partial charge in [-0.2, -0.15) is 0 Å². The van der Waals surface area contributed by atoms with Crippen LogP contribution < -0.4 is 0 Å². The third-order valence-electron chi connectivity index (χ3n) is 2.65. The Labute approximate surface area is 98.1 Å². The van der Waals surface area contributed by atoms with Gasteiger partial charge in [-0.15, -0.1) is 31.3 Å². The van der Waals surface area contributed by atoms with Crippen molar-refractivity contribution >= 4 is 11.6 Å². The standard InChI is InChI=1S/C13H21ClO/c1-4-7-12(8-5-2)13(14,9-6-3)10-11-15/h4-6,12,15H,1-3,7-11H2. The number of alkyl halides is 1. The maximum atomic E-state index is 9.04. The van der Waals surface area contributed by atoms with Crippen molar-refractivity contribution in [3.05, 3.63) is 38.0 Å². The molecule has 0 bridgehead atoms. The van der Waals surface area contributed by atoms with Crippen LogP contribution in [0, 0.1) is 5.92 Å². The molecule has 86 valence electrons. The molecule has 0 aromatic rings. The summed E-state index contributed by atoms with van der Waals surface area (Å²) in [5, 5.41) is 9.04. The number of halogens is 1. The monoisotopic (exact) mass is 228 g/mol. The zero-order valence-electron chi connectivity index (χ0n) is 9.29. The van der Waals surface area contributed by atoms with Crippen molar-refractivity contribution < 1.29 is 5.11 Å². The van der Waals surface area contributed by atoms with Crippen LogP contribution in [0.1, 0.15) is 25.7 Å². The number of aliphatic hydroxyl groups excluding tert-OH is 1. The van der Waals surface area contributed by atoms with E-state index in [4.69, 9.17) is 16.7 Å². The molecule has 0 rings (SSSR count). The summed E-state index contributed by atoms with van der Waals surface area (Å²) < 4.78 is 0.